The van der Waals surface area contributed by atoms with Gasteiger partial charge in [0.05, 0.1) is 0 Å². The van der Waals surface area contributed by atoms with Crippen molar-refractivity contribution in [1.82, 2.24) is 0 Å². The van der Waals surface area contributed by atoms with E-state index in [-0.39, 0.29) is 0 Å². The molecule has 7 heavy (non-hydrogen) atoms. The van der Waals surface area contributed by atoms with Gasteiger partial charge in [0.2, 0.25) is 0 Å². The van der Waals surface area contributed by atoms with Gasteiger partial charge in [0, 0.05) is 0 Å². The van der Waals surface area contributed by atoms with Gasteiger partial charge >= 0.3 is 0 Å². The van der Waals surface area contributed by atoms with Gasteiger partial charge in [-0.2, -0.15) is 5.82 Å². The average molecular weight is 82.9 g/mol. The maximum Gasteiger partial charge on any atom is 0.189 e. The van der Waals surface area contributed by atoms with Crippen molar-refractivity contribution in [3.05, 3.63) is 6.42 Å². The van der Waals surface area contributed by atoms with Gasteiger partial charge in [0.25, 0.3) is 0 Å². The summed E-state index contributed by atoms with van der Waals surface area (Å²) in [5.74, 6) is 10.5. The van der Waals surface area contributed by atoms with Crippen molar-refractivity contribution in [2.24, 2.45) is 0 Å². The minimum absolute atomic E-state index is 1.83. The van der Waals surface area contributed by atoms with E-state index >= 15 is 0 Å². The van der Waals surface area contributed by atoms with Crippen LogP contribution in [0.3, 0.4) is 0 Å². The summed E-state index contributed by atoms with van der Waals surface area (Å²) >= 11 is 0. The summed E-state index contributed by atoms with van der Waals surface area (Å²) in [6.45, 7) is 0. The fourth-order valence-corrected chi connectivity index (χ4v) is 0.0986. The summed E-state index contributed by atoms with van der Waals surface area (Å²) < 4.78 is 0. The lowest BCUT2D eigenvalue weighted by molar-refractivity contribution is 2.42. The molecule has 0 aliphatic carbocycles. The monoisotopic (exact) mass is 83.0 g/mol. The van der Waals surface area contributed by atoms with Gasteiger partial charge < -0.3 is 6.42 Å². The predicted molar refractivity (Wildman–Crippen MR) is 28.4 cm³/mol. The molecule has 0 atom stereocenters. The van der Waals surface area contributed by atoms with Gasteiger partial charge in [-0.25, -0.2) is 5.92 Å². The maximum absolute atomic E-state index is 6.25. The Balaban J connectivity index is 3.68. The molecule has 0 aromatic heterocycles. The second kappa shape index (κ2) is 4.74. The second-order valence-corrected chi connectivity index (χ2v) is 0.644. The summed E-state index contributed by atoms with van der Waals surface area (Å²) in [5.41, 5.74) is 0. The number of hydrogen-bond acceptors (Lipinski definition) is 0. The maximum atomic E-state index is 6.25. The highest BCUT2D eigenvalue weighted by atomic mass is 13.5. The topological polar surface area (TPSA) is 0 Å². The zero-order valence-electron chi connectivity index (χ0n) is 3.58. The molecule has 28 valence electrons. The molecule has 1 heteroatoms. The van der Waals surface area contributed by atoms with E-state index in [0.29, 0.717) is 0 Å². The quantitative estimate of drug-likeness (QED) is 0.214. The molecule has 0 nitrogen and oxygen atoms in total. The first-order valence-corrected chi connectivity index (χ1v) is 1.54. The van der Waals surface area contributed by atoms with E-state index in [0.717, 1.165) is 0 Å². The summed E-state index contributed by atoms with van der Waals surface area (Å²) in [4.78, 5) is 0. The van der Waals surface area contributed by atoms with Crippen LogP contribution in [0, 0.1) is 35.9 Å². The van der Waals surface area contributed by atoms with Gasteiger partial charge in [-0.15, -0.1) is 5.92 Å². The third-order valence-electron chi connectivity index (χ3n) is 0.260. The Morgan fingerprint density at radius 3 is 2.29 bits per heavy atom. The normalized spacial score (nSPS) is 3.29. The average Bonchev–Trinajstić information content (AvgIpc) is 1.69. The predicted octanol–water partition coefficient (Wildman–Crippen LogP) is -0.291. The Bertz CT molecular complexity index is 186. The molecule has 0 heterocycles. The van der Waals surface area contributed by atoms with E-state index < -0.39 is 0 Å². The van der Waals surface area contributed by atoms with E-state index in [4.69, 9.17) is 14.3 Å². The third-order valence-corrected chi connectivity index (χ3v) is 0.260. The second-order valence-electron chi connectivity index (χ2n) is 0.644. The Morgan fingerprint density at radius 1 is 1.14 bits per heavy atom. The zero-order chi connectivity index (χ0) is 5.54. The molecule has 0 fully saturated rings. The molecule has 0 aliphatic rings. The highest BCUT2D eigenvalue weighted by Gasteiger charge is 1.36. The van der Waals surface area contributed by atoms with E-state index in [1.54, 1.807) is 0 Å². The summed E-state index contributed by atoms with van der Waals surface area (Å²) in [6.07, 6.45) is 6.25. The lowest BCUT2D eigenvalue weighted by Crippen LogP contribution is -1.50. The van der Waals surface area contributed by atoms with Crippen molar-refractivity contribution < 1.29 is 0 Å². The lowest BCUT2D eigenvalue weighted by atomic mass is 10.2. The molecule has 0 spiro atoms. The Morgan fingerprint density at radius 2 is 1.86 bits per heavy atom. The van der Waals surface area contributed by atoms with Gasteiger partial charge in [0.15, 0.2) is 7.85 Å². The van der Waals surface area contributed by atoms with Crippen LogP contribution < -0.4 is 0 Å². The van der Waals surface area contributed by atoms with Crippen LogP contribution in [0.5, 0.6) is 0 Å². The minimum atomic E-state index is 1.83. The van der Waals surface area contributed by atoms with Crippen molar-refractivity contribution in [3.63, 3.8) is 0 Å². The first kappa shape index (κ1) is 5.74. The van der Waals surface area contributed by atoms with Crippen LogP contribution >= 0.6 is 0 Å². The van der Waals surface area contributed by atoms with Crippen LogP contribution in [0.25, 0.3) is 0 Å². The Kier molecular flexibility index (Phi) is 3.89. The molecule has 0 amide bonds. The molecule has 0 saturated carbocycles. The number of rotatable bonds is 0. The molecule has 0 saturated heterocycles. The molecule has 0 aliphatic heterocycles. The Hall–Kier alpha value is -1.26. The highest BCUT2D eigenvalue weighted by Crippen LogP contribution is 1.46. The standard InChI is InChI=1S/C6B/c1-2-3-4-5-6-7/q-1. The van der Waals surface area contributed by atoms with E-state index in [1.165, 1.54) is 0 Å². The van der Waals surface area contributed by atoms with Crippen LogP contribution in [0.2, 0.25) is 0 Å². The fourth-order valence-electron chi connectivity index (χ4n) is 0.0986. The van der Waals surface area contributed by atoms with Crippen molar-refractivity contribution in [2.75, 3.05) is 0 Å². The van der Waals surface area contributed by atoms with Gasteiger partial charge in [-0.1, -0.05) is 5.92 Å². The van der Waals surface area contributed by atoms with Crippen LogP contribution in [0.15, 0.2) is 0 Å². The number of hydrogen-bond donors (Lipinski definition) is 0. The first-order chi connectivity index (χ1) is 3.41. The molecule has 0 bridgehead atoms. The first-order valence-electron chi connectivity index (χ1n) is 1.54. The smallest absolute Gasteiger partial charge is 0.189 e. The minimum Gasteiger partial charge on any atom is -0.358 e. The van der Waals surface area contributed by atoms with E-state index in [1.807, 2.05) is 5.92 Å². The molecule has 0 rings (SSSR count). The van der Waals surface area contributed by atoms with E-state index in [9.17, 15) is 0 Å². The highest BCUT2D eigenvalue weighted by molar-refractivity contribution is 6.22. The van der Waals surface area contributed by atoms with Gasteiger partial charge in [-0.05, 0) is 0 Å². The van der Waals surface area contributed by atoms with Gasteiger partial charge in [0.1, 0.15) is 0 Å². The molecule has 2 radical (unpaired) electrons. The summed E-state index contributed by atoms with van der Waals surface area (Å²) in [5, 5.41) is 0. The molecule has 0 aromatic carbocycles. The third kappa shape index (κ3) is 4.74. The van der Waals surface area contributed by atoms with Crippen LogP contribution in [0.4, 0.5) is 0 Å². The van der Waals surface area contributed by atoms with Crippen LogP contribution in [-0.2, 0) is 0 Å². The molecule has 0 unspecified atom stereocenters. The SMILES string of the molecule is [B]C#CC#CC#[C-]. The summed E-state index contributed by atoms with van der Waals surface area (Å²) in [6, 6.07) is 0. The summed E-state index contributed by atoms with van der Waals surface area (Å²) in [7, 11) is 4.72. The fraction of sp³-hybridized carbons (Fsp3) is 0. The largest absolute Gasteiger partial charge is 0.358 e. The van der Waals surface area contributed by atoms with Crippen molar-refractivity contribution in [1.29, 1.82) is 0 Å². The molecule has 0 N–H and O–H groups in total. The van der Waals surface area contributed by atoms with Crippen molar-refractivity contribution in [2.45, 2.75) is 0 Å². The van der Waals surface area contributed by atoms with Crippen molar-refractivity contribution in [3.8, 4) is 29.5 Å². The van der Waals surface area contributed by atoms with E-state index in [2.05, 4.69) is 23.6 Å². The molecular formula is C6B-. The zero-order valence-corrected chi connectivity index (χ0v) is 3.58. The van der Waals surface area contributed by atoms with Crippen molar-refractivity contribution >= 4 is 7.85 Å². The molecular weight excluding hydrogens is 82.9 g/mol. The molecule has 0 aromatic rings. The van der Waals surface area contributed by atoms with Crippen LogP contribution in [0.1, 0.15) is 0 Å². The van der Waals surface area contributed by atoms with Crippen LogP contribution in [-0.4, -0.2) is 7.85 Å². The van der Waals surface area contributed by atoms with Gasteiger partial charge in [-0.3, -0.25) is 5.92 Å². The lowest BCUT2D eigenvalue weighted by Gasteiger charge is -1.63. The Labute approximate surface area is 44.7 Å².